The van der Waals surface area contributed by atoms with Crippen LogP contribution in [0.5, 0.6) is 5.75 Å². The van der Waals surface area contributed by atoms with E-state index in [0.29, 0.717) is 17.5 Å². The monoisotopic (exact) mass is 399 g/mol. The van der Waals surface area contributed by atoms with E-state index in [-0.39, 0.29) is 23.4 Å². The number of carbonyl (C=O) groups excluding carboxylic acids is 1. The zero-order valence-corrected chi connectivity index (χ0v) is 15.3. The molecule has 0 aromatic heterocycles. The van der Waals surface area contributed by atoms with Crippen molar-refractivity contribution >= 4 is 27.9 Å². The van der Waals surface area contributed by atoms with Crippen LogP contribution < -0.4 is 14.3 Å². The van der Waals surface area contributed by atoms with E-state index in [1.165, 1.54) is 12.1 Å². The minimum atomic E-state index is -3.98. The molecule has 0 saturated heterocycles. The summed E-state index contributed by atoms with van der Waals surface area (Å²) in [6.45, 7) is 0. The van der Waals surface area contributed by atoms with Crippen LogP contribution in [0.4, 0.5) is 5.69 Å². The molecule has 0 fully saturated rings. The van der Waals surface area contributed by atoms with Crippen molar-refractivity contribution in [2.45, 2.75) is 12.5 Å². The van der Waals surface area contributed by atoms with Crippen LogP contribution in [0.25, 0.3) is 6.08 Å². The second-order valence-electron chi connectivity index (χ2n) is 6.47. The molecule has 0 aliphatic carbocycles. The van der Waals surface area contributed by atoms with Gasteiger partial charge in [0.15, 0.2) is 0 Å². The number of anilines is 1. The van der Waals surface area contributed by atoms with E-state index in [1.54, 1.807) is 18.2 Å². The molecule has 0 spiro atoms. The van der Waals surface area contributed by atoms with Gasteiger partial charge in [0.25, 0.3) is 5.91 Å². The van der Waals surface area contributed by atoms with Crippen molar-refractivity contribution in [3.63, 3.8) is 0 Å². The molecule has 4 rings (SSSR count). The van der Waals surface area contributed by atoms with Crippen molar-refractivity contribution in [1.29, 1.82) is 0 Å². The minimum Gasteiger partial charge on any atom is -0.506 e. The number of aliphatic hydroxyl groups excluding tert-OH is 1. The fourth-order valence-corrected chi connectivity index (χ4v) is 4.27. The van der Waals surface area contributed by atoms with Gasteiger partial charge in [-0.1, -0.05) is 36.4 Å². The molecule has 8 nitrogen and oxygen atoms in total. The van der Waals surface area contributed by atoms with Crippen molar-refractivity contribution in [3.05, 3.63) is 77.3 Å². The van der Waals surface area contributed by atoms with Gasteiger partial charge in [-0.2, -0.15) is 8.42 Å². The molecule has 2 aromatic carbocycles. The standard InChI is InChI=1S/C19H17N3O5S/c23-17-10-12(5-8-16(17)22-11-18(24)21-28(22,26)27)9-14-7-6-13-3-1-2-4-15(13)19(25)20-14/h1-8,10-11,14,21,23-24H,9H2,(H,20,25). The average molecular weight is 399 g/mol. The number of benzene rings is 2. The van der Waals surface area contributed by atoms with E-state index in [1.807, 2.05) is 29.0 Å². The number of aliphatic hydroxyl groups is 1. The molecule has 2 aliphatic rings. The predicted molar refractivity (Wildman–Crippen MR) is 104 cm³/mol. The van der Waals surface area contributed by atoms with Crippen molar-refractivity contribution in [1.82, 2.24) is 10.0 Å². The van der Waals surface area contributed by atoms with Gasteiger partial charge >= 0.3 is 10.2 Å². The number of nitrogens with zero attached hydrogens (tertiary/aromatic N) is 1. The van der Waals surface area contributed by atoms with Crippen LogP contribution in [-0.2, 0) is 16.6 Å². The highest BCUT2D eigenvalue weighted by molar-refractivity contribution is 7.91. The summed E-state index contributed by atoms with van der Waals surface area (Å²) in [5.74, 6) is -0.975. The third-order valence-corrected chi connectivity index (χ3v) is 5.78. The SMILES string of the molecule is O=C1NC(Cc2ccc(N3C=C(O)NS3(=O)=O)c(O)c2)C=Cc2ccccc21. The highest BCUT2D eigenvalue weighted by Crippen LogP contribution is 2.33. The molecule has 0 bridgehead atoms. The zero-order valence-electron chi connectivity index (χ0n) is 14.5. The topological polar surface area (TPSA) is 119 Å². The summed E-state index contributed by atoms with van der Waals surface area (Å²) in [6, 6.07) is 11.5. The summed E-state index contributed by atoms with van der Waals surface area (Å²) in [7, 11) is -3.98. The Labute approximate surface area is 161 Å². The van der Waals surface area contributed by atoms with E-state index in [4.69, 9.17) is 0 Å². The third-order valence-electron chi connectivity index (χ3n) is 4.49. The van der Waals surface area contributed by atoms with Crippen LogP contribution in [0.15, 0.2) is 60.6 Å². The molecule has 1 atom stereocenters. The smallest absolute Gasteiger partial charge is 0.330 e. The molecule has 0 radical (unpaired) electrons. The average Bonchev–Trinajstić information content (AvgIpc) is 2.81. The lowest BCUT2D eigenvalue weighted by atomic mass is 10.0. The van der Waals surface area contributed by atoms with E-state index in [0.717, 1.165) is 16.1 Å². The minimum absolute atomic E-state index is 0.00755. The molecule has 0 saturated carbocycles. The molecule has 4 N–H and O–H groups in total. The lowest BCUT2D eigenvalue weighted by Gasteiger charge is -2.17. The van der Waals surface area contributed by atoms with E-state index < -0.39 is 16.1 Å². The van der Waals surface area contributed by atoms with Crippen molar-refractivity contribution in [2.24, 2.45) is 0 Å². The number of amides is 1. The second kappa shape index (κ2) is 6.61. The van der Waals surface area contributed by atoms with Gasteiger partial charge in [-0.3, -0.25) is 4.79 Å². The number of phenolic OH excluding ortho intramolecular Hbond substituents is 1. The fraction of sp³-hybridized carbons (Fsp3) is 0.105. The second-order valence-corrected chi connectivity index (χ2v) is 8.02. The summed E-state index contributed by atoms with van der Waals surface area (Å²) < 4.78 is 26.6. The summed E-state index contributed by atoms with van der Waals surface area (Å²) in [5.41, 5.74) is 2.14. The highest BCUT2D eigenvalue weighted by atomic mass is 32.2. The zero-order chi connectivity index (χ0) is 19.9. The van der Waals surface area contributed by atoms with Crippen LogP contribution in [-0.4, -0.2) is 30.6 Å². The van der Waals surface area contributed by atoms with Crippen LogP contribution in [0.3, 0.4) is 0 Å². The van der Waals surface area contributed by atoms with Crippen LogP contribution in [0.1, 0.15) is 21.5 Å². The number of phenols is 1. The number of fused-ring (bicyclic) bond motifs is 1. The maximum absolute atomic E-state index is 12.4. The number of hydrogen-bond acceptors (Lipinski definition) is 5. The summed E-state index contributed by atoms with van der Waals surface area (Å²) in [5, 5.41) is 22.6. The predicted octanol–water partition coefficient (Wildman–Crippen LogP) is 1.77. The Bertz CT molecular complexity index is 1120. The van der Waals surface area contributed by atoms with Gasteiger partial charge in [-0.05, 0) is 35.7 Å². The molecule has 9 heteroatoms. The van der Waals surface area contributed by atoms with E-state index in [9.17, 15) is 23.4 Å². The van der Waals surface area contributed by atoms with E-state index in [2.05, 4.69) is 5.32 Å². The first-order chi connectivity index (χ1) is 13.3. The number of hydrogen-bond donors (Lipinski definition) is 4. The van der Waals surface area contributed by atoms with Crippen LogP contribution in [0, 0.1) is 0 Å². The van der Waals surface area contributed by atoms with Crippen molar-refractivity contribution in [3.8, 4) is 5.75 Å². The molecule has 144 valence electrons. The quantitative estimate of drug-likeness (QED) is 0.627. The summed E-state index contributed by atoms with van der Waals surface area (Å²) in [6.07, 6.45) is 5.14. The molecule has 1 amide bonds. The Hall–Kier alpha value is -3.46. The Balaban J connectivity index is 1.56. The number of nitrogens with one attached hydrogen (secondary N) is 2. The molecule has 28 heavy (non-hydrogen) atoms. The number of rotatable bonds is 3. The Kier molecular flexibility index (Phi) is 4.23. The molecule has 2 heterocycles. The normalized spacial score (nSPS) is 20.0. The maximum atomic E-state index is 12.4. The molecule has 1 unspecified atom stereocenters. The molecular formula is C19H17N3O5S. The summed E-state index contributed by atoms with van der Waals surface area (Å²) in [4.78, 5) is 12.4. The Morgan fingerprint density at radius 2 is 1.89 bits per heavy atom. The van der Waals surface area contributed by atoms with Gasteiger partial charge in [0.05, 0.1) is 12.2 Å². The molecule has 2 aliphatic heterocycles. The van der Waals surface area contributed by atoms with Gasteiger partial charge in [0.2, 0.25) is 5.88 Å². The maximum Gasteiger partial charge on any atom is 0.330 e. The highest BCUT2D eigenvalue weighted by Gasteiger charge is 2.30. The molecule has 2 aromatic rings. The first kappa shape index (κ1) is 17.9. The van der Waals surface area contributed by atoms with Gasteiger partial charge in [0, 0.05) is 5.56 Å². The Morgan fingerprint density at radius 1 is 1.11 bits per heavy atom. The lowest BCUT2D eigenvalue weighted by Crippen LogP contribution is -2.34. The lowest BCUT2D eigenvalue weighted by molar-refractivity contribution is 0.0945. The Morgan fingerprint density at radius 3 is 2.61 bits per heavy atom. The van der Waals surface area contributed by atoms with Gasteiger partial charge in [-0.15, -0.1) is 0 Å². The fourth-order valence-electron chi connectivity index (χ4n) is 3.21. The van der Waals surface area contributed by atoms with Crippen molar-refractivity contribution in [2.75, 3.05) is 4.31 Å². The van der Waals surface area contributed by atoms with Crippen molar-refractivity contribution < 1.29 is 23.4 Å². The third kappa shape index (κ3) is 3.27. The van der Waals surface area contributed by atoms with Gasteiger partial charge < -0.3 is 15.5 Å². The molecular weight excluding hydrogens is 382 g/mol. The van der Waals surface area contributed by atoms with Gasteiger partial charge in [-0.25, -0.2) is 9.03 Å². The largest absolute Gasteiger partial charge is 0.506 e. The number of carbonyl (C=O) groups is 1. The first-order valence-corrected chi connectivity index (χ1v) is 9.90. The summed E-state index contributed by atoms with van der Waals surface area (Å²) >= 11 is 0. The van der Waals surface area contributed by atoms with Crippen LogP contribution >= 0.6 is 0 Å². The number of aromatic hydroxyl groups is 1. The van der Waals surface area contributed by atoms with Gasteiger partial charge in [0.1, 0.15) is 11.4 Å². The first-order valence-electron chi connectivity index (χ1n) is 8.46. The van der Waals surface area contributed by atoms with Crippen LogP contribution in [0.2, 0.25) is 0 Å². The van der Waals surface area contributed by atoms with E-state index >= 15 is 0 Å².